The van der Waals surface area contributed by atoms with Gasteiger partial charge in [-0.25, -0.2) is 4.98 Å². The van der Waals surface area contributed by atoms with E-state index in [1.165, 1.54) is 16.6 Å². The predicted molar refractivity (Wildman–Crippen MR) is 108 cm³/mol. The Hall–Kier alpha value is -2.66. The quantitative estimate of drug-likeness (QED) is 0.784. The van der Waals surface area contributed by atoms with Crippen LogP contribution in [-0.4, -0.2) is 48.1 Å². The third kappa shape index (κ3) is 3.78. The fourth-order valence-corrected chi connectivity index (χ4v) is 3.34. The number of likely N-dealkylation sites (N-methyl/N-ethyl adjacent to an activating group) is 1. The smallest absolute Gasteiger partial charge is 0.128 e. The van der Waals surface area contributed by atoms with Crippen molar-refractivity contribution in [1.82, 2.24) is 14.9 Å². The summed E-state index contributed by atoms with van der Waals surface area (Å²) in [5.41, 5.74) is 4.55. The lowest BCUT2D eigenvalue weighted by Crippen LogP contribution is -2.44. The third-order valence-electron chi connectivity index (χ3n) is 4.96. The minimum atomic E-state index is 0.670. The summed E-state index contributed by atoms with van der Waals surface area (Å²) in [7, 11) is 2.18. The van der Waals surface area contributed by atoms with Gasteiger partial charge in [0.1, 0.15) is 5.82 Å². The molecule has 0 unspecified atom stereocenters. The molecule has 0 spiro atoms. The molecule has 1 aliphatic rings. The number of fused-ring (bicyclic) bond motifs is 1. The van der Waals surface area contributed by atoms with Gasteiger partial charge in [-0.3, -0.25) is 4.98 Å². The Morgan fingerprint density at radius 3 is 2.69 bits per heavy atom. The molecule has 4 rings (SSSR count). The normalized spacial score (nSPS) is 15.4. The van der Waals surface area contributed by atoms with Crippen molar-refractivity contribution < 1.29 is 0 Å². The van der Waals surface area contributed by atoms with Gasteiger partial charge in [0.05, 0.1) is 17.8 Å². The molecular weight excluding hydrogens is 322 g/mol. The molecule has 5 nitrogen and oxygen atoms in total. The van der Waals surface area contributed by atoms with Gasteiger partial charge in [0.2, 0.25) is 0 Å². The number of aromatic nitrogens is 2. The Labute approximate surface area is 154 Å². The topological polar surface area (TPSA) is 44.3 Å². The molecular formula is C21H25N5. The van der Waals surface area contributed by atoms with E-state index in [4.69, 9.17) is 4.98 Å². The highest BCUT2D eigenvalue weighted by Gasteiger charge is 2.14. The van der Waals surface area contributed by atoms with E-state index < -0.39 is 0 Å². The lowest BCUT2D eigenvalue weighted by molar-refractivity contribution is 0.313. The maximum absolute atomic E-state index is 4.75. The maximum atomic E-state index is 4.75. The summed E-state index contributed by atoms with van der Waals surface area (Å²) >= 11 is 0. The van der Waals surface area contributed by atoms with E-state index in [-0.39, 0.29) is 0 Å². The number of aryl methyl sites for hydroxylation is 1. The number of benzene rings is 1. The van der Waals surface area contributed by atoms with Crippen molar-refractivity contribution in [2.24, 2.45) is 0 Å². The SMILES string of the molecule is Cc1ccc2nc(CNc3cc(N4CCN(C)CC4)ccn3)ccc2c1. The molecule has 5 heteroatoms. The van der Waals surface area contributed by atoms with Gasteiger partial charge in [0.15, 0.2) is 0 Å². The van der Waals surface area contributed by atoms with Gasteiger partial charge in [-0.2, -0.15) is 0 Å². The minimum absolute atomic E-state index is 0.670. The highest BCUT2D eigenvalue weighted by atomic mass is 15.2. The van der Waals surface area contributed by atoms with Crippen molar-refractivity contribution in [2.45, 2.75) is 13.5 Å². The van der Waals surface area contributed by atoms with Crippen LogP contribution in [0.25, 0.3) is 10.9 Å². The second-order valence-corrected chi connectivity index (χ2v) is 7.04. The van der Waals surface area contributed by atoms with Gasteiger partial charge in [0.25, 0.3) is 0 Å². The van der Waals surface area contributed by atoms with Crippen LogP contribution < -0.4 is 10.2 Å². The molecule has 134 valence electrons. The number of nitrogens with zero attached hydrogens (tertiary/aromatic N) is 4. The average molecular weight is 347 g/mol. The fraction of sp³-hybridized carbons (Fsp3) is 0.333. The van der Waals surface area contributed by atoms with Crippen LogP contribution in [0.15, 0.2) is 48.7 Å². The molecule has 2 aromatic heterocycles. The predicted octanol–water partition coefficient (Wildman–Crippen LogP) is 3.30. The summed E-state index contributed by atoms with van der Waals surface area (Å²) in [5.74, 6) is 0.896. The molecule has 1 aliphatic heterocycles. The Morgan fingerprint density at radius 1 is 1.00 bits per heavy atom. The van der Waals surface area contributed by atoms with Crippen molar-refractivity contribution in [1.29, 1.82) is 0 Å². The van der Waals surface area contributed by atoms with Crippen molar-refractivity contribution in [3.05, 3.63) is 59.9 Å². The second-order valence-electron chi connectivity index (χ2n) is 7.04. The Bertz CT molecular complexity index is 900. The van der Waals surface area contributed by atoms with E-state index >= 15 is 0 Å². The van der Waals surface area contributed by atoms with Crippen LogP contribution in [0.3, 0.4) is 0 Å². The number of hydrogen-bond acceptors (Lipinski definition) is 5. The van der Waals surface area contributed by atoms with E-state index in [2.05, 4.69) is 76.5 Å². The first-order chi connectivity index (χ1) is 12.7. The molecule has 0 radical (unpaired) electrons. The monoisotopic (exact) mass is 347 g/mol. The Kier molecular flexibility index (Phi) is 4.71. The van der Waals surface area contributed by atoms with Crippen LogP contribution in [0.1, 0.15) is 11.3 Å². The van der Waals surface area contributed by atoms with E-state index in [0.717, 1.165) is 43.2 Å². The molecule has 1 saturated heterocycles. The van der Waals surface area contributed by atoms with E-state index in [0.29, 0.717) is 6.54 Å². The Balaban J connectivity index is 1.44. The van der Waals surface area contributed by atoms with Gasteiger partial charge in [-0.15, -0.1) is 0 Å². The second kappa shape index (κ2) is 7.30. The number of anilines is 2. The molecule has 1 N–H and O–H groups in total. The molecule has 0 bridgehead atoms. The van der Waals surface area contributed by atoms with Crippen LogP contribution >= 0.6 is 0 Å². The molecule has 3 aromatic rings. The Morgan fingerprint density at radius 2 is 1.85 bits per heavy atom. The first-order valence-corrected chi connectivity index (χ1v) is 9.17. The van der Waals surface area contributed by atoms with E-state index in [9.17, 15) is 0 Å². The lowest BCUT2D eigenvalue weighted by atomic mass is 10.1. The molecule has 26 heavy (non-hydrogen) atoms. The van der Waals surface area contributed by atoms with E-state index in [1.54, 1.807) is 0 Å². The highest BCUT2D eigenvalue weighted by Crippen LogP contribution is 2.20. The van der Waals surface area contributed by atoms with Gasteiger partial charge in [-0.05, 0) is 38.2 Å². The standard InChI is InChI=1S/C21H25N5/c1-16-3-6-20-17(13-16)4-5-18(24-20)15-23-21-14-19(7-8-22-21)26-11-9-25(2)10-12-26/h3-8,13-14H,9-12,15H2,1-2H3,(H,22,23). The van der Waals surface area contributed by atoms with Gasteiger partial charge in [0, 0.05) is 49.5 Å². The van der Waals surface area contributed by atoms with E-state index in [1.807, 2.05) is 6.20 Å². The van der Waals surface area contributed by atoms with Crippen LogP contribution in [0, 0.1) is 6.92 Å². The molecule has 3 heterocycles. The van der Waals surface area contributed by atoms with Crippen LogP contribution in [0.4, 0.5) is 11.5 Å². The molecule has 0 aliphatic carbocycles. The number of piperazine rings is 1. The van der Waals surface area contributed by atoms with Crippen molar-refractivity contribution in [3.8, 4) is 0 Å². The van der Waals surface area contributed by atoms with Crippen LogP contribution in [0.2, 0.25) is 0 Å². The minimum Gasteiger partial charge on any atom is -0.369 e. The third-order valence-corrected chi connectivity index (χ3v) is 4.96. The summed E-state index contributed by atoms with van der Waals surface area (Å²) in [5, 5.41) is 4.60. The summed E-state index contributed by atoms with van der Waals surface area (Å²) in [4.78, 5) is 14.0. The zero-order chi connectivity index (χ0) is 17.9. The van der Waals surface area contributed by atoms with Crippen LogP contribution in [0.5, 0.6) is 0 Å². The first kappa shape index (κ1) is 16.8. The fourth-order valence-electron chi connectivity index (χ4n) is 3.34. The number of nitrogens with one attached hydrogen (secondary N) is 1. The zero-order valence-corrected chi connectivity index (χ0v) is 15.4. The first-order valence-electron chi connectivity index (χ1n) is 9.17. The molecule has 0 amide bonds. The summed E-state index contributed by atoms with van der Waals surface area (Å²) < 4.78 is 0. The molecule has 1 fully saturated rings. The average Bonchev–Trinajstić information content (AvgIpc) is 2.67. The zero-order valence-electron chi connectivity index (χ0n) is 15.4. The molecule has 0 saturated carbocycles. The largest absolute Gasteiger partial charge is 0.369 e. The summed E-state index contributed by atoms with van der Waals surface area (Å²) in [6, 6.07) is 14.8. The lowest BCUT2D eigenvalue weighted by Gasteiger charge is -2.34. The highest BCUT2D eigenvalue weighted by molar-refractivity contribution is 5.79. The van der Waals surface area contributed by atoms with Crippen molar-refractivity contribution >= 4 is 22.4 Å². The van der Waals surface area contributed by atoms with Gasteiger partial charge >= 0.3 is 0 Å². The number of hydrogen-bond donors (Lipinski definition) is 1. The summed E-state index contributed by atoms with van der Waals surface area (Å²) in [6.07, 6.45) is 1.88. The van der Waals surface area contributed by atoms with Crippen molar-refractivity contribution in [3.63, 3.8) is 0 Å². The number of rotatable bonds is 4. The van der Waals surface area contributed by atoms with Gasteiger partial charge in [-0.1, -0.05) is 17.7 Å². The summed E-state index contributed by atoms with van der Waals surface area (Å²) in [6.45, 7) is 7.10. The van der Waals surface area contributed by atoms with Gasteiger partial charge < -0.3 is 15.1 Å². The number of pyridine rings is 2. The maximum Gasteiger partial charge on any atom is 0.128 e. The van der Waals surface area contributed by atoms with Crippen LogP contribution in [-0.2, 0) is 6.54 Å². The van der Waals surface area contributed by atoms with Crippen molar-refractivity contribution in [2.75, 3.05) is 43.4 Å². The molecule has 1 aromatic carbocycles. The molecule has 0 atom stereocenters.